The van der Waals surface area contributed by atoms with Crippen LogP contribution >= 0.6 is 27.5 Å². The van der Waals surface area contributed by atoms with E-state index in [2.05, 4.69) is 31.2 Å². The van der Waals surface area contributed by atoms with E-state index in [4.69, 9.17) is 17.3 Å². The molecular weight excluding hydrogens is 316 g/mol. The second-order valence-corrected chi connectivity index (χ2v) is 5.20. The van der Waals surface area contributed by atoms with Crippen LogP contribution in [0.4, 0.5) is 17.3 Å². The summed E-state index contributed by atoms with van der Waals surface area (Å²) < 4.78 is 0.924. The molecule has 1 heterocycles. The van der Waals surface area contributed by atoms with Crippen LogP contribution in [0, 0.1) is 13.8 Å². The van der Waals surface area contributed by atoms with Crippen LogP contribution in [-0.4, -0.2) is 9.97 Å². The fraction of sp³-hybridized carbons (Fsp3) is 0.167. The fourth-order valence-corrected chi connectivity index (χ4v) is 2.21. The van der Waals surface area contributed by atoms with Gasteiger partial charge in [-0.3, -0.25) is 0 Å². The predicted octanol–water partition coefficient (Wildman–Crippen LogP) is 3.84. The molecule has 0 bridgehead atoms. The minimum atomic E-state index is 0.471. The van der Waals surface area contributed by atoms with Gasteiger partial charge in [0, 0.05) is 10.0 Å². The lowest BCUT2D eigenvalue weighted by molar-refractivity contribution is 1.04. The molecule has 4 nitrogen and oxygen atoms in total. The van der Waals surface area contributed by atoms with Crippen molar-refractivity contribution in [2.24, 2.45) is 0 Å². The Labute approximate surface area is 119 Å². The monoisotopic (exact) mass is 326 g/mol. The molecule has 0 saturated carbocycles. The summed E-state index contributed by atoms with van der Waals surface area (Å²) in [4.78, 5) is 8.42. The van der Waals surface area contributed by atoms with Crippen LogP contribution in [0.3, 0.4) is 0 Å². The highest BCUT2D eigenvalue weighted by molar-refractivity contribution is 9.10. The average Bonchev–Trinajstić information content (AvgIpc) is 2.29. The number of nitrogen functional groups attached to an aromatic ring is 1. The van der Waals surface area contributed by atoms with Crippen molar-refractivity contribution in [2.75, 3.05) is 11.1 Å². The first kappa shape index (κ1) is 13.1. The Balaban J connectivity index is 2.40. The summed E-state index contributed by atoms with van der Waals surface area (Å²) in [6.45, 7) is 3.66. The second kappa shape index (κ2) is 5.12. The zero-order valence-electron chi connectivity index (χ0n) is 9.96. The van der Waals surface area contributed by atoms with Crippen molar-refractivity contribution in [1.29, 1.82) is 0 Å². The van der Waals surface area contributed by atoms with Gasteiger partial charge in [-0.25, -0.2) is 9.97 Å². The van der Waals surface area contributed by atoms with Gasteiger partial charge in [0.25, 0.3) is 0 Å². The van der Waals surface area contributed by atoms with Crippen LogP contribution in [0.15, 0.2) is 22.7 Å². The number of benzene rings is 1. The summed E-state index contributed by atoms with van der Waals surface area (Å²) in [5, 5.41) is 3.78. The molecule has 0 amide bonds. The highest BCUT2D eigenvalue weighted by atomic mass is 79.9. The maximum absolute atomic E-state index is 6.14. The summed E-state index contributed by atoms with van der Waals surface area (Å²) in [5.74, 6) is 1.76. The number of halogens is 2. The van der Waals surface area contributed by atoms with Crippen LogP contribution in [-0.2, 0) is 0 Å². The molecule has 0 unspecified atom stereocenters. The maximum atomic E-state index is 6.14. The number of nitrogens with two attached hydrogens (primary N) is 1. The van der Waals surface area contributed by atoms with Crippen molar-refractivity contribution in [2.45, 2.75) is 13.8 Å². The SMILES string of the molecule is Cc1nc(N)c(C)c(Nc2ccc(Br)cc2Cl)n1. The van der Waals surface area contributed by atoms with Gasteiger partial charge in [-0.05, 0) is 32.0 Å². The molecule has 0 aliphatic rings. The molecule has 18 heavy (non-hydrogen) atoms. The van der Waals surface area contributed by atoms with E-state index >= 15 is 0 Å². The normalized spacial score (nSPS) is 10.4. The molecule has 0 atom stereocenters. The third kappa shape index (κ3) is 2.73. The van der Waals surface area contributed by atoms with Gasteiger partial charge in [-0.1, -0.05) is 27.5 Å². The third-order valence-electron chi connectivity index (χ3n) is 2.48. The first-order chi connectivity index (χ1) is 8.47. The Morgan fingerprint density at radius 3 is 2.67 bits per heavy atom. The van der Waals surface area contributed by atoms with E-state index in [1.165, 1.54) is 0 Å². The average molecular weight is 328 g/mol. The first-order valence-electron chi connectivity index (χ1n) is 5.30. The van der Waals surface area contributed by atoms with Gasteiger partial charge < -0.3 is 11.1 Å². The molecule has 2 rings (SSSR count). The zero-order valence-corrected chi connectivity index (χ0v) is 12.3. The topological polar surface area (TPSA) is 63.8 Å². The quantitative estimate of drug-likeness (QED) is 0.879. The van der Waals surface area contributed by atoms with Crippen LogP contribution in [0.2, 0.25) is 5.02 Å². The van der Waals surface area contributed by atoms with Gasteiger partial charge >= 0.3 is 0 Å². The van der Waals surface area contributed by atoms with Gasteiger partial charge in [0.2, 0.25) is 0 Å². The summed E-state index contributed by atoms with van der Waals surface area (Å²) in [6, 6.07) is 5.59. The van der Waals surface area contributed by atoms with E-state index in [9.17, 15) is 0 Å². The first-order valence-corrected chi connectivity index (χ1v) is 6.47. The number of rotatable bonds is 2. The van der Waals surface area contributed by atoms with Crippen molar-refractivity contribution >= 4 is 44.9 Å². The Morgan fingerprint density at radius 2 is 2.00 bits per heavy atom. The van der Waals surface area contributed by atoms with E-state index in [1.54, 1.807) is 6.92 Å². The molecule has 0 spiro atoms. The van der Waals surface area contributed by atoms with Crippen molar-refractivity contribution in [1.82, 2.24) is 9.97 Å². The molecule has 1 aromatic carbocycles. The Kier molecular flexibility index (Phi) is 3.73. The molecule has 6 heteroatoms. The van der Waals surface area contributed by atoms with Crippen molar-refractivity contribution < 1.29 is 0 Å². The molecule has 0 radical (unpaired) electrons. The van der Waals surface area contributed by atoms with Gasteiger partial charge in [0.15, 0.2) is 0 Å². The number of aromatic nitrogens is 2. The highest BCUT2D eigenvalue weighted by Gasteiger charge is 2.08. The second-order valence-electron chi connectivity index (χ2n) is 3.88. The zero-order chi connectivity index (χ0) is 13.3. The number of aryl methyl sites for hydroxylation is 1. The third-order valence-corrected chi connectivity index (χ3v) is 3.29. The largest absolute Gasteiger partial charge is 0.383 e. The fourth-order valence-electron chi connectivity index (χ4n) is 1.49. The lowest BCUT2D eigenvalue weighted by Gasteiger charge is -2.12. The summed E-state index contributed by atoms with van der Waals surface area (Å²) in [5.41, 5.74) is 7.39. The Bertz CT molecular complexity index is 601. The van der Waals surface area contributed by atoms with Crippen molar-refractivity contribution in [3.8, 4) is 0 Å². The number of hydrogen-bond donors (Lipinski definition) is 2. The molecule has 0 aliphatic heterocycles. The van der Waals surface area contributed by atoms with Gasteiger partial charge in [-0.2, -0.15) is 0 Å². The number of nitrogens with one attached hydrogen (secondary N) is 1. The highest BCUT2D eigenvalue weighted by Crippen LogP contribution is 2.29. The number of hydrogen-bond acceptors (Lipinski definition) is 4. The molecule has 0 aliphatic carbocycles. The lowest BCUT2D eigenvalue weighted by Crippen LogP contribution is -2.05. The molecule has 3 N–H and O–H groups in total. The summed E-state index contributed by atoms with van der Waals surface area (Å²) >= 11 is 9.51. The smallest absolute Gasteiger partial charge is 0.139 e. The van der Waals surface area contributed by atoms with E-state index in [0.29, 0.717) is 22.5 Å². The molecule has 94 valence electrons. The molecule has 2 aromatic rings. The van der Waals surface area contributed by atoms with Crippen molar-refractivity contribution in [3.05, 3.63) is 39.1 Å². The Hall–Kier alpha value is -1.33. The van der Waals surface area contributed by atoms with Crippen LogP contribution in [0.1, 0.15) is 11.4 Å². The molecular formula is C12H12BrClN4. The van der Waals surface area contributed by atoms with Gasteiger partial charge in [0.05, 0.1) is 10.7 Å². The van der Waals surface area contributed by atoms with Crippen LogP contribution < -0.4 is 11.1 Å². The number of nitrogens with zero attached hydrogens (tertiary/aromatic N) is 2. The van der Waals surface area contributed by atoms with Crippen LogP contribution in [0.25, 0.3) is 0 Å². The Morgan fingerprint density at radius 1 is 1.28 bits per heavy atom. The van der Waals surface area contributed by atoms with E-state index < -0.39 is 0 Å². The molecule has 0 fully saturated rings. The minimum absolute atomic E-state index is 0.471. The molecule has 0 saturated heterocycles. The van der Waals surface area contributed by atoms with Gasteiger partial charge in [-0.15, -0.1) is 0 Å². The maximum Gasteiger partial charge on any atom is 0.139 e. The van der Waals surface area contributed by atoms with E-state index in [1.807, 2.05) is 25.1 Å². The summed E-state index contributed by atoms with van der Waals surface area (Å²) in [6.07, 6.45) is 0. The predicted molar refractivity (Wildman–Crippen MR) is 78.4 cm³/mol. The minimum Gasteiger partial charge on any atom is -0.383 e. The van der Waals surface area contributed by atoms with Gasteiger partial charge in [0.1, 0.15) is 17.5 Å². The molecule has 1 aromatic heterocycles. The standard InChI is InChI=1S/C12H12BrClN4/c1-6-11(15)16-7(2)17-12(6)18-10-4-3-8(13)5-9(10)14/h3-5H,1-2H3,(H3,15,16,17,18). The van der Waals surface area contributed by atoms with Crippen molar-refractivity contribution in [3.63, 3.8) is 0 Å². The van der Waals surface area contributed by atoms with Crippen LogP contribution in [0.5, 0.6) is 0 Å². The van der Waals surface area contributed by atoms with E-state index in [0.717, 1.165) is 15.7 Å². The summed E-state index contributed by atoms with van der Waals surface area (Å²) in [7, 11) is 0. The number of anilines is 3. The lowest BCUT2D eigenvalue weighted by atomic mass is 10.2. The van der Waals surface area contributed by atoms with E-state index in [-0.39, 0.29) is 0 Å².